The van der Waals surface area contributed by atoms with E-state index in [1.54, 1.807) is 0 Å². The number of hydrogen-bond acceptors (Lipinski definition) is 4. The van der Waals surface area contributed by atoms with Gasteiger partial charge in [-0.05, 0) is 24.5 Å². The first-order valence-electron chi connectivity index (χ1n) is 7.19. The van der Waals surface area contributed by atoms with Crippen LogP contribution in [0.3, 0.4) is 0 Å². The maximum Gasteiger partial charge on any atom is 0.269 e. The summed E-state index contributed by atoms with van der Waals surface area (Å²) in [4.78, 5) is 33.2. The van der Waals surface area contributed by atoms with E-state index >= 15 is 0 Å². The van der Waals surface area contributed by atoms with Crippen molar-refractivity contribution in [3.63, 3.8) is 0 Å². The Kier molecular flexibility index (Phi) is 7.01. The van der Waals surface area contributed by atoms with E-state index in [4.69, 9.17) is 0 Å². The molecule has 0 bridgehead atoms. The average molecular weight is 307 g/mol. The summed E-state index contributed by atoms with van der Waals surface area (Å²) in [6, 6.07) is 5.54. The number of nitro benzene ring substituents is 1. The van der Waals surface area contributed by atoms with Crippen LogP contribution in [0.2, 0.25) is 0 Å². The molecular weight excluding hydrogens is 286 g/mol. The van der Waals surface area contributed by atoms with E-state index in [1.165, 1.54) is 24.3 Å². The third kappa shape index (κ3) is 6.83. The van der Waals surface area contributed by atoms with Crippen LogP contribution in [0.5, 0.6) is 0 Å². The largest absolute Gasteiger partial charge is 0.356 e. The van der Waals surface area contributed by atoms with Crippen molar-refractivity contribution in [2.75, 3.05) is 11.9 Å². The smallest absolute Gasteiger partial charge is 0.269 e. The Bertz CT molecular complexity index is 526. The zero-order chi connectivity index (χ0) is 16.5. The molecule has 0 atom stereocenters. The molecule has 0 heterocycles. The van der Waals surface area contributed by atoms with Gasteiger partial charge in [0.1, 0.15) is 0 Å². The zero-order valence-corrected chi connectivity index (χ0v) is 12.8. The summed E-state index contributed by atoms with van der Waals surface area (Å²) in [6.07, 6.45) is 1.10. The fraction of sp³-hybridized carbons (Fsp3) is 0.467. The van der Waals surface area contributed by atoms with Gasteiger partial charge in [-0.25, -0.2) is 0 Å². The van der Waals surface area contributed by atoms with Crippen LogP contribution in [0.15, 0.2) is 24.3 Å². The number of anilines is 1. The maximum atomic E-state index is 11.7. The normalized spacial score (nSPS) is 10.3. The SMILES string of the molecule is CC(C)CCNC(=O)CCC(=O)Nc1ccc([N+](=O)[O-])cc1. The Labute approximate surface area is 129 Å². The van der Waals surface area contributed by atoms with Gasteiger partial charge in [-0.1, -0.05) is 13.8 Å². The number of rotatable bonds is 8. The average Bonchev–Trinajstić information content (AvgIpc) is 2.45. The van der Waals surface area contributed by atoms with Gasteiger partial charge in [0.05, 0.1) is 4.92 Å². The van der Waals surface area contributed by atoms with Crippen LogP contribution in [0, 0.1) is 16.0 Å². The number of hydrogen-bond donors (Lipinski definition) is 2. The van der Waals surface area contributed by atoms with Crippen molar-refractivity contribution in [3.05, 3.63) is 34.4 Å². The minimum Gasteiger partial charge on any atom is -0.356 e. The molecule has 0 fully saturated rings. The van der Waals surface area contributed by atoms with Gasteiger partial charge in [0.25, 0.3) is 5.69 Å². The van der Waals surface area contributed by atoms with Crippen LogP contribution in [-0.4, -0.2) is 23.3 Å². The van der Waals surface area contributed by atoms with Crippen molar-refractivity contribution >= 4 is 23.2 Å². The number of nitro groups is 1. The van der Waals surface area contributed by atoms with Crippen LogP contribution < -0.4 is 10.6 Å². The first-order chi connectivity index (χ1) is 10.4. The Balaban J connectivity index is 2.31. The quantitative estimate of drug-likeness (QED) is 0.569. The molecule has 2 amide bonds. The van der Waals surface area contributed by atoms with Gasteiger partial charge < -0.3 is 10.6 Å². The molecule has 0 saturated heterocycles. The number of amides is 2. The fourth-order valence-electron chi connectivity index (χ4n) is 1.71. The molecule has 0 spiro atoms. The maximum absolute atomic E-state index is 11.7. The Hall–Kier alpha value is -2.44. The highest BCUT2D eigenvalue weighted by Crippen LogP contribution is 2.15. The molecule has 7 nitrogen and oxygen atoms in total. The van der Waals surface area contributed by atoms with Gasteiger partial charge in [0, 0.05) is 37.2 Å². The Morgan fingerprint density at radius 1 is 1.14 bits per heavy atom. The first kappa shape index (κ1) is 17.6. The lowest BCUT2D eigenvalue weighted by Gasteiger charge is -2.07. The molecule has 0 saturated carbocycles. The second kappa shape index (κ2) is 8.76. The Morgan fingerprint density at radius 3 is 2.27 bits per heavy atom. The van der Waals surface area contributed by atoms with Crippen molar-refractivity contribution in [2.45, 2.75) is 33.1 Å². The third-order valence-corrected chi connectivity index (χ3v) is 2.98. The third-order valence-electron chi connectivity index (χ3n) is 2.98. The van der Waals surface area contributed by atoms with E-state index in [0.29, 0.717) is 18.2 Å². The van der Waals surface area contributed by atoms with Crippen LogP contribution in [0.1, 0.15) is 33.1 Å². The van der Waals surface area contributed by atoms with Gasteiger partial charge >= 0.3 is 0 Å². The molecule has 2 N–H and O–H groups in total. The van der Waals surface area contributed by atoms with Crippen molar-refractivity contribution in [3.8, 4) is 0 Å². The fourth-order valence-corrected chi connectivity index (χ4v) is 1.71. The standard InChI is InChI=1S/C15H21N3O4/c1-11(2)9-10-16-14(19)7-8-15(20)17-12-3-5-13(6-4-12)18(21)22/h3-6,11H,7-10H2,1-2H3,(H,16,19)(H,17,20). The predicted octanol–water partition coefficient (Wildman–Crippen LogP) is 2.48. The molecule has 1 aromatic carbocycles. The summed E-state index contributed by atoms with van der Waals surface area (Å²) in [7, 11) is 0. The second-order valence-electron chi connectivity index (χ2n) is 5.38. The van der Waals surface area contributed by atoms with Crippen molar-refractivity contribution < 1.29 is 14.5 Å². The van der Waals surface area contributed by atoms with Crippen LogP contribution in [-0.2, 0) is 9.59 Å². The van der Waals surface area contributed by atoms with E-state index in [2.05, 4.69) is 24.5 Å². The first-order valence-corrected chi connectivity index (χ1v) is 7.19. The number of nitrogens with one attached hydrogen (secondary N) is 2. The summed E-state index contributed by atoms with van der Waals surface area (Å²) >= 11 is 0. The van der Waals surface area contributed by atoms with Gasteiger partial charge in [-0.2, -0.15) is 0 Å². The number of benzene rings is 1. The minimum absolute atomic E-state index is 0.0393. The highest BCUT2D eigenvalue weighted by atomic mass is 16.6. The summed E-state index contributed by atoms with van der Waals surface area (Å²) < 4.78 is 0. The topological polar surface area (TPSA) is 101 Å². The molecule has 0 aliphatic heterocycles. The molecule has 0 unspecified atom stereocenters. The number of nitrogens with zero attached hydrogens (tertiary/aromatic N) is 1. The van der Waals surface area contributed by atoms with Crippen molar-refractivity contribution in [2.24, 2.45) is 5.92 Å². The highest BCUT2D eigenvalue weighted by molar-refractivity contribution is 5.93. The summed E-state index contributed by atoms with van der Waals surface area (Å²) in [6.45, 7) is 4.76. The minimum atomic E-state index is -0.507. The molecule has 1 rings (SSSR count). The predicted molar refractivity (Wildman–Crippen MR) is 83.4 cm³/mol. The van der Waals surface area contributed by atoms with Gasteiger partial charge in [-0.3, -0.25) is 19.7 Å². The van der Waals surface area contributed by atoms with E-state index in [0.717, 1.165) is 6.42 Å². The van der Waals surface area contributed by atoms with Crippen molar-refractivity contribution in [1.29, 1.82) is 0 Å². The number of non-ortho nitro benzene ring substituents is 1. The lowest BCUT2D eigenvalue weighted by Crippen LogP contribution is -2.26. The second-order valence-corrected chi connectivity index (χ2v) is 5.38. The van der Waals surface area contributed by atoms with E-state index in [1.807, 2.05) is 0 Å². The number of carbonyl (C=O) groups is 2. The molecule has 0 aromatic heterocycles. The lowest BCUT2D eigenvalue weighted by molar-refractivity contribution is -0.384. The molecular formula is C15H21N3O4. The van der Waals surface area contributed by atoms with Gasteiger partial charge in [0.15, 0.2) is 0 Å². The van der Waals surface area contributed by atoms with E-state index < -0.39 is 4.92 Å². The molecule has 0 radical (unpaired) electrons. The summed E-state index contributed by atoms with van der Waals surface area (Å²) in [5, 5.41) is 15.9. The number of carbonyl (C=O) groups excluding carboxylic acids is 2. The van der Waals surface area contributed by atoms with Crippen molar-refractivity contribution in [1.82, 2.24) is 5.32 Å². The molecule has 22 heavy (non-hydrogen) atoms. The van der Waals surface area contributed by atoms with E-state index in [-0.39, 0.29) is 30.3 Å². The molecule has 0 aliphatic rings. The summed E-state index contributed by atoms with van der Waals surface area (Å²) in [5.74, 6) is 0.0677. The monoisotopic (exact) mass is 307 g/mol. The van der Waals surface area contributed by atoms with Crippen LogP contribution in [0.25, 0.3) is 0 Å². The molecule has 7 heteroatoms. The van der Waals surface area contributed by atoms with Gasteiger partial charge in [-0.15, -0.1) is 0 Å². The summed E-state index contributed by atoms with van der Waals surface area (Å²) in [5.41, 5.74) is 0.429. The highest BCUT2D eigenvalue weighted by Gasteiger charge is 2.09. The van der Waals surface area contributed by atoms with Crippen LogP contribution >= 0.6 is 0 Å². The molecule has 120 valence electrons. The lowest BCUT2D eigenvalue weighted by atomic mass is 10.1. The molecule has 0 aliphatic carbocycles. The molecule has 1 aromatic rings. The van der Waals surface area contributed by atoms with Crippen LogP contribution in [0.4, 0.5) is 11.4 Å². The van der Waals surface area contributed by atoms with E-state index in [9.17, 15) is 19.7 Å². The van der Waals surface area contributed by atoms with Gasteiger partial charge in [0.2, 0.25) is 11.8 Å². The Morgan fingerprint density at radius 2 is 1.73 bits per heavy atom. The zero-order valence-electron chi connectivity index (χ0n) is 12.8.